The number of thiophene rings is 1. The van der Waals surface area contributed by atoms with Crippen LogP contribution in [0.15, 0.2) is 12.1 Å². The molecule has 0 radical (unpaired) electrons. The molecule has 3 atom stereocenters. The summed E-state index contributed by atoms with van der Waals surface area (Å²) in [5, 5.41) is -0.404. The van der Waals surface area contributed by atoms with Crippen molar-refractivity contribution in [2.45, 2.75) is 37.7 Å². The third-order valence-electron chi connectivity index (χ3n) is 2.51. The number of carbonyl (C=O) groups excluding carboxylic acids is 1. The summed E-state index contributed by atoms with van der Waals surface area (Å²) < 4.78 is 12.5. The molecule has 0 saturated carbocycles. The molecular formula is C11H15ClO2S2. The van der Waals surface area contributed by atoms with Crippen molar-refractivity contribution in [1.29, 1.82) is 0 Å². The first-order valence-corrected chi connectivity index (χ1v) is 7.63. The van der Waals surface area contributed by atoms with Gasteiger partial charge in [-0.25, -0.2) is 0 Å². The molecule has 1 aromatic rings. The average Bonchev–Trinajstić information content (AvgIpc) is 2.71. The van der Waals surface area contributed by atoms with Gasteiger partial charge in [0, 0.05) is 16.0 Å². The van der Waals surface area contributed by atoms with Crippen molar-refractivity contribution in [2.24, 2.45) is 0 Å². The summed E-state index contributed by atoms with van der Waals surface area (Å²) in [7, 11) is -1.12. The third-order valence-corrected chi connectivity index (χ3v) is 5.79. The topological polar surface area (TPSA) is 34.1 Å². The highest BCUT2D eigenvalue weighted by Gasteiger charge is 2.25. The van der Waals surface area contributed by atoms with Gasteiger partial charge >= 0.3 is 0 Å². The average molecular weight is 279 g/mol. The van der Waals surface area contributed by atoms with Crippen LogP contribution in [0, 0.1) is 0 Å². The Hall–Kier alpha value is -0.190. The molecule has 0 aliphatic carbocycles. The fourth-order valence-electron chi connectivity index (χ4n) is 1.27. The Labute approximate surface area is 107 Å². The number of ketones is 1. The molecule has 0 fully saturated rings. The summed E-state index contributed by atoms with van der Waals surface area (Å²) in [4.78, 5) is 12.6. The highest BCUT2D eigenvalue weighted by atomic mass is 35.5. The van der Waals surface area contributed by atoms with E-state index in [9.17, 15) is 9.00 Å². The van der Waals surface area contributed by atoms with E-state index in [2.05, 4.69) is 0 Å². The van der Waals surface area contributed by atoms with Gasteiger partial charge < -0.3 is 0 Å². The minimum Gasteiger partial charge on any atom is -0.292 e. The maximum atomic E-state index is 12.0. The summed E-state index contributed by atoms with van der Waals surface area (Å²) in [6, 6.07) is 3.39. The number of Topliss-reactive ketones (excluding diaryl/α,β-unsaturated/α-hetero) is 1. The van der Waals surface area contributed by atoms with Crippen LogP contribution in [0.4, 0.5) is 0 Å². The first-order valence-electron chi connectivity index (χ1n) is 5.16. The van der Waals surface area contributed by atoms with Gasteiger partial charge in [-0.05, 0) is 25.5 Å². The van der Waals surface area contributed by atoms with Crippen molar-refractivity contribution < 1.29 is 9.00 Å². The molecule has 0 saturated heterocycles. The molecule has 0 spiro atoms. The molecule has 90 valence electrons. The van der Waals surface area contributed by atoms with Gasteiger partial charge in [-0.2, -0.15) is 0 Å². The summed E-state index contributed by atoms with van der Waals surface area (Å²) >= 11 is 7.01. The zero-order valence-corrected chi connectivity index (χ0v) is 11.9. The van der Waals surface area contributed by atoms with Gasteiger partial charge in [0.25, 0.3) is 0 Å². The van der Waals surface area contributed by atoms with Crippen LogP contribution in [0.25, 0.3) is 0 Å². The summed E-state index contributed by atoms with van der Waals surface area (Å²) in [5.74, 6) is -0.0736. The largest absolute Gasteiger partial charge is 0.292 e. The van der Waals surface area contributed by atoms with Gasteiger partial charge in [-0.1, -0.05) is 25.4 Å². The molecule has 0 N–H and O–H groups in total. The van der Waals surface area contributed by atoms with E-state index in [1.807, 2.05) is 13.8 Å². The van der Waals surface area contributed by atoms with Crippen LogP contribution in [-0.4, -0.2) is 20.5 Å². The normalized spacial score (nSPS) is 16.8. The number of hydrogen-bond donors (Lipinski definition) is 0. The molecule has 1 rings (SSSR count). The van der Waals surface area contributed by atoms with E-state index < -0.39 is 16.0 Å². The molecule has 0 aliphatic rings. The number of rotatable bonds is 5. The highest BCUT2D eigenvalue weighted by Crippen LogP contribution is 2.24. The van der Waals surface area contributed by atoms with E-state index >= 15 is 0 Å². The van der Waals surface area contributed by atoms with E-state index in [0.717, 1.165) is 6.42 Å². The molecule has 16 heavy (non-hydrogen) atoms. The Morgan fingerprint density at radius 1 is 1.50 bits per heavy atom. The van der Waals surface area contributed by atoms with Gasteiger partial charge in [-0.15, -0.1) is 11.3 Å². The minimum absolute atomic E-state index is 0.0504. The van der Waals surface area contributed by atoms with Crippen LogP contribution >= 0.6 is 22.9 Å². The van der Waals surface area contributed by atoms with Crippen molar-refractivity contribution in [1.82, 2.24) is 0 Å². The second-order valence-electron chi connectivity index (χ2n) is 3.66. The van der Waals surface area contributed by atoms with Gasteiger partial charge in [0.15, 0.2) is 5.78 Å². The van der Waals surface area contributed by atoms with E-state index in [4.69, 9.17) is 11.6 Å². The Bertz CT molecular complexity index is 400. The fourth-order valence-corrected chi connectivity index (χ4v) is 3.78. The second kappa shape index (κ2) is 5.94. The molecule has 2 nitrogen and oxygen atoms in total. The van der Waals surface area contributed by atoms with Crippen molar-refractivity contribution in [3.05, 3.63) is 21.3 Å². The zero-order valence-electron chi connectivity index (χ0n) is 9.53. The zero-order chi connectivity index (χ0) is 12.3. The van der Waals surface area contributed by atoms with Crippen LogP contribution in [-0.2, 0) is 10.8 Å². The van der Waals surface area contributed by atoms with Crippen molar-refractivity contribution in [3.63, 3.8) is 0 Å². The maximum Gasteiger partial charge on any atom is 0.188 e. The van der Waals surface area contributed by atoms with Gasteiger partial charge in [0.2, 0.25) is 0 Å². The molecule has 0 aromatic carbocycles. The second-order valence-corrected chi connectivity index (χ2v) is 7.54. The van der Waals surface area contributed by atoms with Gasteiger partial charge in [-0.3, -0.25) is 9.00 Å². The van der Waals surface area contributed by atoms with Crippen LogP contribution in [0.3, 0.4) is 0 Å². The molecule has 5 heteroatoms. The summed E-state index contributed by atoms with van der Waals surface area (Å²) in [5.41, 5.74) is 0. The molecule has 1 heterocycles. The van der Waals surface area contributed by atoms with Gasteiger partial charge in [0.05, 0.1) is 14.5 Å². The smallest absolute Gasteiger partial charge is 0.188 e. The predicted molar refractivity (Wildman–Crippen MR) is 71.0 cm³/mol. The molecular weight excluding hydrogens is 264 g/mol. The summed E-state index contributed by atoms with van der Waals surface area (Å²) in [6.45, 7) is 5.60. The molecule has 0 bridgehead atoms. The maximum absolute atomic E-state index is 12.0. The lowest BCUT2D eigenvalue weighted by molar-refractivity contribution is 0.0996. The lowest BCUT2D eigenvalue weighted by atomic mass is 10.2. The number of carbonyl (C=O) groups is 1. The van der Waals surface area contributed by atoms with E-state index in [0.29, 0.717) is 9.21 Å². The highest BCUT2D eigenvalue weighted by molar-refractivity contribution is 7.87. The van der Waals surface area contributed by atoms with E-state index in [-0.39, 0.29) is 11.0 Å². The Morgan fingerprint density at radius 2 is 2.12 bits per heavy atom. The Kier molecular flexibility index (Phi) is 5.15. The van der Waals surface area contributed by atoms with Crippen LogP contribution in [0.1, 0.15) is 36.9 Å². The van der Waals surface area contributed by atoms with Crippen molar-refractivity contribution in [2.75, 3.05) is 0 Å². The minimum atomic E-state index is -1.12. The SMILES string of the molecule is CCC(C)S(=O)C(C)C(=O)c1ccc(Cl)s1. The van der Waals surface area contributed by atoms with Crippen LogP contribution in [0.5, 0.6) is 0 Å². The molecule has 3 unspecified atom stereocenters. The Balaban J connectivity index is 2.78. The van der Waals surface area contributed by atoms with Crippen molar-refractivity contribution >= 4 is 39.5 Å². The van der Waals surface area contributed by atoms with Crippen LogP contribution in [0.2, 0.25) is 4.34 Å². The number of hydrogen-bond acceptors (Lipinski definition) is 3. The van der Waals surface area contributed by atoms with Crippen LogP contribution < -0.4 is 0 Å². The van der Waals surface area contributed by atoms with E-state index in [1.54, 1.807) is 19.1 Å². The monoisotopic (exact) mass is 278 g/mol. The number of halogens is 1. The first kappa shape index (κ1) is 13.9. The quantitative estimate of drug-likeness (QED) is 0.772. The van der Waals surface area contributed by atoms with Crippen molar-refractivity contribution in [3.8, 4) is 0 Å². The van der Waals surface area contributed by atoms with Gasteiger partial charge in [0.1, 0.15) is 0 Å². The van der Waals surface area contributed by atoms with E-state index in [1.165, 1.54) is 11.3 Å². The molecule has 0 aliphatic heterocycles. The third kappa shape index (κ3) is 3.15. The molecule has 1 aromatic heterocycles. The Morgan fingerprint density at radius 3 is 2.56 bits per heavy atom. The predicted octanol–water partition coefficient (Wildman–Crippen LogP) is 3.52. The standard InChI is InChI=1S/C11H15ClO2S2/c1-4-7(2)16(14)8(3)11(13)9-5-6-10(12)15-9/h5-8H,4H2,1-3H3. The summed E-state index contributed by atoms with van der Waals surface area (Å²) in [6.07, 6.45) is 0.815. The fraction of sp³-hybridized carbons (Fsp3) is 0.545. The first-order chi connectivity index (χ1) is 7.47. The molecule has 0 amide bonds. The lowest BCUT2D eigenvalue weighted by Crippen LogP contribution is -2.28. The lowest BCUT2D eigenvalue weighted by Gasteiger charge is -2.14.